The fourth-order valence-electron chi connectivity index (χ4n) is 2.98. The molecule has 1 heterocycles. The lowest BCUT2D eigenvalue weighted by atomic mass is 9.74. The summed E-state index contributed by atoms with van der Waals surface area (Å²) in [4.78, 5) is 0. The highest BCUT2D eigenvalue weighted by Gasteiger charge is 2.43. The van der Waals surface area contributed by atoms with Crippen molar-refractivity contribution in [1.82, 2.24) is 0 Å². The first-order chi connectivity index (χ1) is 9.21. The van der Waals surface area contributed by atoms with E-state index in [0.717, 1.165) is 35.2 Å². The van der Waals surface area contributed by atoms with E-state index in [2.05, 4.69) is 15.9 Å². The SMILES string of the molecule is NCc1cc(OC2CCOC3(CCC3)C2)ccc1Br. The summed E-state index contributed by atoms with van der Waals surface area (Å²) < 4.78 is 13.1. The van der Waals surface area contributed by atoms with Gasteiger partial charge in [-0.2, -0.15) is 0 Å². The zero-order chi connectivity index (χ0) is 13.3. The lowest BCUT2D eigenvalue weighted by molar-refractivity contribution is -0.153. The first-order valence-electron chi connectivity index (χ1n) is 7.00. The Balaban J connectivity index is 1.67. The minimum Gasteiger partial charge on any atom is -0.490 e. The molecule has 0 radical (unpaired) electrons. The van der Waals surface area contributed by atoms with Crippen LogP contribution < -0.4 is 10.5 Å². The fraction of sp³-hybridized carbons (Fsp3) is 0.600. The standard InChI is InChI=1S/C15H20BrNO2/c16-14-3-2-12(8-11(14)10-17)19-13-4-7-18-15(9-13)5-1-6-15/h2-3,8,13H,1,4-7,9-10,17H2. The van der Waals surface area contributed by atoms with E-state index in [4.69, 9.17) is 15.2 Å². The smallest absolute Gasteiger partial charge is 0.120 e. The Morgan fingerprint density at radius 1 is 1.42 bits per heavy atom. The van der Waals surface area contributed by atoms with Crippen molar-refractivity contribution in [1.29, 1.82) is 0 Å². The maximum absolute atomic E-state index is 6.13. The van der Waals surface area contributed by atoms with Gasteiger partial charge in [-0.25, -0.2) is 0 Å². The lowest BCUT2D eigenvalue weighted by Gasteiger charge is -2.46. The van der Waals surface area contributed by atoms with Gasteiger partial charge in [0.25, 0.3) is 0 Å². The Hall–Kier alpha value is -0.580. The van der Waals surface area contributed by atoms with Gasteiger partial charge in [-0.3, -0.25) is 0 Å². The number of rotatable bonds is 3. The second kappa shape index (κ2) is 5.43. The predicted octanol–water partition coefficient (Wildman–Crippen LogP) is 3.39. The quantitative estimate of drug-likeness (QED) is 0.926. The molecule has 1 atom stereocenters. The van der Waals surface area contributed by atoms with Gasteiger partial charge in [-0.05, 0) is 43.0 Å². The maximum atomic E-state index is 6.13. The van der Waals surface area contributed by atoms with Crippen molar-refractivity contribution in [2.75, 3.05) is 6.61 Å². The minimum absolute atomic E-state index is 0.134. The first-order valence-corrected chi connectivity index (χ1v) is 7.79. The molecule has 19 heavy (non-hydrogen) atoms. The highest BCUT2D eigenvalue weighted by molar-refractivity contribution is 9.10. The molecule has 2 fully saturated rings. The number of benzene rings is 1. The summed E-state index contributed by atoms with van der Waals surface area (Å²) in [6.45, 7) is 1.35. The molecule has 1 saturated carbocycles. The van der Waals surface area contributed by atoms with Crippen LogP contribution in [0.5, 0.6) is 5.75 Å². The van der Waals surface area contributed by atoms with Gasteiger partial charge < -0.3 is 15.2 Å². The molecular formula is C15H20BrNO2. The van der Waals surface area contributed by atoms with Crippen LogP contribution >= 0.6 is 15.9 Å². The highest BCUT2D eigenvalue weighted by Crippen LogP contribution is 2.43. The van der Waals surface area contributed by atoms with Crippen molar-refractivity contribution in [3.05, 3.63) is 28.2 Å². The topological polar surface area (TPSA) is 44.5 Å². The number of hydrogen-bond acceptors (Lipinski definition) is 3. The van der Waals surface area contributed by atoms with Crippen LogP contribution in [0.4, 0.5) is 0 Å². The van der Waals surface area contributed by atoms with Crippen LogP contribution in [0, 0.1) is 0 Å². The molecule has 1 aliphatic carbocycles. The van der Waals surface area contributed by atoms with E-state index in [1.165, 1.54) is 19.3 Å². The third-order valence-corrected chi connectivity index (χ3v) is 5.03. The molecule has 0 bridgehead atoms. The van der Waals surface area contributed by atoms with E-state index in [-0.39, 0.29) is 11.7 Å². The van der Waals surface area contributed by atoms with E-state index in [1.54, 1.807) is 0 Å². The second-order valence-corrected chi connectivity index (χ2v) is 6.43. The van der Waals surface area contributed by atoms with Gasteiger partial charge in [-0.15, -0.1) is 0 Å². The van der Waals surface area contributed by atoms with Crippen LogP contribution in [0.1, 0.15) is 37.7 Å². The van der Waals surface area contributed by atoms with Crippen molar-refractivity contribution in [2.24, 2.45) is 5.73 Å². The van der Waals surface area contributed by atoms with Crippen molar-refractivity contribution in [3.63, 3.8) is 0 Å². The largest absolute Gasteiger partial charge is 0.490 e. The van der Waals surface area contributed by atoms with Crippen molar-refractivity contribution < 1.29 is 9.47 Å². The molecule has 1 spiro atoms. The van der Waals surface area contributed by atoms with Gasteiger partial charge in [0.15, 0.2) is 0 Å². The normalized spacial score (nSPS) is 25.1. The zero-order valence-corrected chi connectivity index (χ0v) is 12.6. The fourth-order valence-corrected chi connectivity index (χ4v) is 3.38. The summed E-state index contributed by atoms with van der Waals surface area (Å²) in [7, 11) is 0. The third kappa shape index (κ3) is 2.81. The van der Waals surface area contributed by atoms with Crippen molar-refractivity contribution in [2.45, 2.75) is 50.4 Å². The van der Waals surface area contributed by atoms with Crippen LogP contribution in [0.2, 0.25) is 0 Å². The van der Waals surface area contributed by atoms with Gasteiger partial charge in [0.1, 0.15) is 11.9 Å². The maximum Gasteiger partial charge on any atom is 0.120 e. The summed E-state index contributed by atoms with van der Waals surface area (Å²) in [5, 5.41) is 0. The Kier molecular flexibility index (Phi) is 3.83. The zero-order valence-electron chi connectivity index (χ0n) is 11.0. The molecule has 1 aromatic rings. The molecule has 3 nitrogen and oxygen atoms in total. The Morgan fingerprint density at radius 3 is 2.95 bits per heavy atom. The lowest BCUT2D eigenvalue weighted by Crippen LogP contribution is -2.48. The predicted molar refractivity (Wildman–Crippen MR) is 78.2 cm³/mol. The highest BCUT2D eigenvalue weighted by atomic mass is 79.9. The van der Waals surface area contributed by atoms with Gasteiger partial charge in [0.05, 0.1) is 12.2 Å². The van der Waals surface area contributed by atoms with Gasteiger partial charge in [-0.1, -0.05) is 15.9 Å². The van der Waals surface area contributed by atoms with E-state index in [1.807, 2.05) is 18.2 Å². The van der Waals surface area contributed by atoms with E-state index < -0.39 is 0 Å². The molecule has 1 aromatic carbocycles. The Labute approximate surface area is 122 Å². The van der Waals surface area contributed by atoms with Crippen molar-refractivity contribution >= 4 is 15.9 Å². The van der Waals surface area contributed by atoms with Gasteiger partial charge in [0.2, 0.25) is 0 Å². The van der Waals surface area contributed by atoms with Gasteiger partial charge >= 0.3 is 0 Å². The average molecular weight is 326 g/mol. The van der Waals surface area contributed by atoms with Crippen LogP contribution in [-0.2, 0) is 11.3 Å². The van der Waals surface area contributed by atoms with E-state index >= 15 is 0 Å². The Bertz CT molecular complexity index is 459. The molecule has 104 valence electrons. The summed E-state index contributed by atoms with van der Waals surface area (Å²) in [6.07, 6.45) is 5.97. The first kappa shape index (κ1) is 13.4. The van der Waals surface area contributed by atoms with E-state index in [0.29, 0.717) is 6.54 Å². The van der Waals surface area contributed by atoms with Crippen LogP contribution in [-0.4, -0.2) is 18.3 Å². The molecule has 4 heteroatoms. The molecule has 3 rings (SSSR count). The number of ether oxygens (including phenoxy) is 2. The molecule has 2 aliphatic rings. The molecule has 0 aromatic heterocycles. The second-order valence-electron chi connectivity index (χ2n) is 5.58. The molecule has 2 N–H and O–H groups in total. The van der Waals surface area contributed by atoms with Crippen LogP contribution in [0.15, 0.2) is 22.7 Å². The minimum atomic E-state index is 0.134. The molecular weight excluding hydrogens is 306 g/mol. The molecule has 1 saturated heterocycles. The van der Waals surface area contributed by atoms with E-state index in [9.17, 15) is 0 Å². The number of halogens is 1. The summed E-state index contributed by atoms with van der Waals surface area (Å²) >= 11 is 3.50. The van der Waals surface area contributed by atoms with Crippen LogP contribution in [0.25, 0.3) is 0 Å². The monoisotopic (exact) mass is 325 g/mol. The molecule has 1 aliphatic heterocycles. The molecule has 1 unspecified atom stereocenters. The Morgan fingerprint density at radius 2 is 2.26 bits per heavy atom. The summed E-state index contributed by atoms with van der Waals surface area (Å²) in [5.41, 5.74) is 6.94. The average Bonchev–Trinajstić information content (AvgIpc) is 2.39. The summed E-state index contributed by atoms with van der Waals surface area (Å²) in [5.74, 6) is 0.921. The third-order valence-electron chi connectivity index (χ3n) is 4.25. The summed E-state index contributed by atoms with van der Waals surface area (Å²) in [6, 6.07) is 6.05. The number of nitrogens with two attached hydrogens (primary N) is 1. The van der Waals surface area contributed by atoms with Crippen LogP contribution in [0.3, 0.4) is 0 Å². The molecule has 0 amide bonds. The van der Waals surface area contributed by atoms with Gasteiger partial charge in [0, 0.05) is 23.9 Å². The number of hydrogen-bond donors (Lipinski definition) is 1. The van der Waals surface area contributed by atoms with Crippen molar-refractivity contribution in [3.8, 4) is 5.75 Å².